The fourth-order valence-corrected chi connectivity index (χ4v) is 4.12. The first-order chi connectivity index (χ1) is 14.0. The molecule has 2 aromatic heterocycles. The van der Waals surface area contributed by atoms with Gasteiger partial charge in [0.1, 0.15) is 11.1 Å². The monoisotopic (exact) mass is 411 g/mol. The Morgan fingerprint density at radius 1 is 1.24 bits per heavy atom. The van der Waals surface area contributed by atoms with E-state index >= 15 is 0 Å². The molecule has 1 aromatic carbocycles. The number of H-pyrrole nitrogens is 1. The van der Waals surface area contributed by atoms with Gasteiger partial charge in [0.15, 0.2) is 17.3 Å². The number of nitrogens with one attached hydrogen (secondary N) is 2. The zero-order chi connectivity index (χ0) is 20.4. The van der Waals surface area contributed by atoms with E-state index in [0.29, 0.717) is 16.7 Å². The number of pyridine rings is 1. The molecule has 10 heteroatoms. The number of hydrogen-bond donors (Lipinski definition) is 3. The van der Waals surface area contributed by atoms with Crippen molar-refractivity contribution in [3.8, 4) is 5.75 Å². The van der Waals surface area contributed by atoms with Crippen LogP contribution in [0.5, 0.6) is 5.75 Å². The number of phenols is 1. The van der Waals surface area contributed by atoms with Crippen LogP contribution in [0.3, 0.4) is 0 Å². The van der Waals surface area contributed by atoms with Gasteiger partial charge < -0.3 is 10.1 Å². The first kappa shape index (κ1) is 18.9. The maximum Gasteiger partial charge on any atom is 0.252 e. The summed E-state index contributed by atoms with van der Waals surface area (Å²) in [5.74, 6) is -0.684. The van der Waals surface area contributed by atoms with Crippen LogP contribution < -0.4 is 5.43 Å². The number of fused-ring (bicyclic) bond motifs is 1. The highest BCUT2D eigenvalue weighted by molar-refractivity contribution is 8.00. The summed E-state index contributed by atoms with van der Waals surface area (Å²) in [5, 5.41) is 10.7. The van der Waals surface area contributed by atoms with Gasteiger partial charge in [-0.05, 0) is 18.2 Å². The predicted molar refractivity (Wildman–Crippen MR) is 106 cm³/mol. The number of carbonyl (C=O) groups excluding carboxylic acids is 3. The first-order valence-electron chi connectivity index (χ1n) is 8.88. The molecule has 0 spiro atoms. The van der Waals surface area contributed by atoms with Crippen LogP contribution in [0.2, 0.25) is 0 Å². The molecule has 3 heterocycles. The van der Waals surface area contributed by atoms with Crippen molar-refractivity contribution >= 4 is 40.5 Å². The van der Waals surface area contributed by atoms with Crippen LogP contribution in [-0.4, -0.2) is 48.4 Å². The van der Waals surface area contributed by atoms with Crippen molar-refractivity contribution in [2.45, 2.75) is 18.2 Å². The smallest absolute Gasteiger partial charge is 0.252 e. The van der Waals surface area contributed by atoms with Crippen molar-refractivity contribution in [3.05, 3.63) is 54.0 Å². The topological polar surface area (TPSA) is 128 Å². The molecule has 1 atom stereocenters. The molecule has 0 aliphatic carbocycles. The number of carbonyl (C=O) groups is 3. The molecule has 0 saturated carbocycles. The highest BCUT2D eigenvalue weighted by Crippen LogP contribution is 2.40. The van der Waals surface area contributed by atoms with Gasteiger partial charge in [0.05, 0.1) is 11.3 Å². The second-order valence-electron chi connectivity index (χ2n) is 6.40. The summed E-state index contributed by atoms with van der Waals surface area (Å²) in [5.41, 5.74) is 4.17. The summed E-state index contributed by atoms with van der Waals surface area (Å²) in [6.07, 6.45) is 1.41. The van der Waals surface area contributed by atoms with Gasteiger partial charge in [-0.15, -0.1) is 11.8 Å². The number of imidazole rings is 1. The SMILES string of the molecule is O=C(CCC(=O)c1nc2ncccc2[nH]1)NN1C(=O)CSC1c1ccccc1O. The highest BCUT2D eigenvalue weighted by Gasteiger charge is 2.35. The number of para-hydroxylation sites is 1. The molecule has 9 nitrogen and oxygen atoms in total. The van der Waals surface area contributed by atoms with E-state index < -0.39 is 11.3 Å². The van der Waals surface area contributed by atoms with Gasteiger partial charge in [0.2, 0.25) is 5.91 Å². The molecule has 3 aromatic rings. The Morgan fingerprint density at radius 3 is 2.86 bits per heavy atom. The molecule has 1 aliphatic rings. The number of amides is 2. The second-order valence-corrected chi connectivity index (χ2v) is 7.47. The van der Waals surface area contributed by atoms with Gasteiger partial charge in [-0.1, -0.05) is 18.2 Å². The van der Waals surface area contributed by atoms with E-state index in [2.05, 4.69) is 20.4 Å². The Bertz CT molecular complexity index is 1070. The number of benzene rings is 1. The fourth-order valence-electron chi connectivity index (χ4n) is 2.98. The number of ketones is 1. The molecule has 4 rings (SSSR count). The Hall–Kier alpha value is -3.40. The van der Waals surface area contributed by atoms with Crippen molar-refractivity contribution in [2.75, 3.05) is 5.75 Å². The summed E-state index contributed by atoms with van der Waals surface area (Å²) < 4.78 is 0. The van der Waals surface area contributed by atoms with Crippen LogP contribution in [0, 0.1) is 0 Å². The third-order valence-electron chi connectivity index (χ3n) is 4.42. The maximum absolute atomic E-state index is 12.3. The Morgan fingerprint density at radius 2 is 2.07 bits per heavy atom. The van der Waals surface area contributed by atoms with Crippen LogP contribution >= 0.6 is 11.8 Å². The number of phenolic OH excluding ortho intramolecular Hbond substituents is 1. The number of Topliss-reactive ketones (excluding diaryl/α,β-unsaturated/α-hetero) is 1. The summed E-state index contributed by atoms with van der Waals surface area (Å²) >= 11 is 1.30. The number of aromatic nitrogens is 3. The van der Waals surface area contributed by atoms with E-state index in [1.165, 1.54) is 22.8 Å². The van der Waals surface area contributed by atoms with Gasteiger partial charge in [-0.2, -0.15) is 0 Å². The van der Waals surface area contributed by atoms with Crippen LogP contribution in [0.1, 0.15) is 34.4 Å². The minimum absolute atomic E-state index is 0.0487. The third-order valence-corrected chi connectivity index (χ3v) is 5.61. The molecule has 1 aliphatic heterocycles. The quantitative estimate of drug-likeness (QED) is 0.529. The lowest BCUT2D eigenvalue weighted by Crippen LogP contribution is -2.44. The molecule has 2 amide bonds. The Labute approximate surface area is 169 Å². The minimum Gasteiger partial charge on any atom is -0.508 e. The van der Waals surface area contributed by atoms with Crippen molar-refractivity contribution in [2.24, 2.45) is 0 Å². The fraction of sp³-hybridized carbons (Fsp3) is 0.211. The normalized spacial score (nSPS) is 16.3. The largest absolute Gasteiger partial charge is 0.508 e. The predicted octanol–water partition coefficient (Wildman–Crippen LogP) is 1.93. The number of hydrazine groups is 1. The highest BCUT2D eigenvalue weighted by atomic mass is 32.2. The molecular formula is C19H17N5O4S. The van der Waals surface area contributed by atoms with Crippen LogP contribution in [-0.2, 0) is 9.59 Å². The number of rotatable bonds is 6. The lowest BCUT2D eigenvalue weighted by molar-refractivity contribution is -0.139. The van der Waals surface area contributed by atoms with E-state index in [-0.39, 0.29) is 41.9 Å². The number of hydrogen-bond acceptors (Lipinski definition) is 7. The molecule has 3 N–H and O–H groups in total. The van der Waals surface area contributed by atoms with E-state index in [1.807, 2.05) is 0 Å². The van der Waals surface area contributed by atoms with Gasteiger partial charge in [-0.3, -0.25) is 19.8 Å². The number of aromatic amines is 1. The molecule has 148 valence electrons. The van der Waals surface area contributed by atoms with Crippen LogP contribution in [0.25, 0.3) is 11.2 Å². The molecule has 0 radical (unpaired) electrons. The van der Waals surface area contributed by atoms with E-state index in [4.69, 9.17) is 0 Å². The van der Waals surface area contributed by atoms with Crippen molar-refractivity contribution in [3.63, 3.8) is 0 Å². The summed E-state index contributed by atoms with van der Waals surface area (Å²) in [6, 6.07) is 10.1. The summed E-state index contributed by atoms with van der Waals surface area (Å²) in [4.78, 5) is 47.9. The van der Waals surface area contributed by atoms with Gasteiger partial charge in [-0.25, -0.2) is 15.0 Å². The van der Waals surface area contributed by atoms with Gasteiger partial charge >= 0.3 is 0 Å². The second kappa shape index (κ2) is 7.92. The molecule has 0 bridgehead atoms. The molecule has 29 heavy (non-hydrogen) atoms. The standard InChI is InChI=1S/C19H17N5O4S/c25-13-6-2-1-4-11(13)19-24(16(28)10-29-19)23-15(27)8-7-14(26)18-21-12-5-3-9-20-17(12)22-18/h1-6,9,19,25H,7-8,10H2,(H,23,27)(H,20,21,22). The van der Waals surface area contributed by atoms with Gasteiger partial charge in [0, 0.05) is 24.6 Å². The number of nitrogens with zero attached hydrogens (tertiary/aromatic N) is 3. The Kier molecular flexibility index (Phi) is 5.17. The summed E-state index contributed by atoms with van der Waals surface area (Å²) in [7, 11) is 0. The zero-order valence-corrected chi connectivity index (χ0v) is 16.0. The van der Waals surface area contributed by atoms with Crippen molar-refractivity contribution in [1.82, 2.24) is 25.4 Å². The summed E-state index contributed by atoms with van der Waals surface area (Å²) in [6.45, 7) is 0. The number of aromatic hydroxyl groups is 1. The first-order valence-corrected chi connectivity index (χ1v) is 9.93. The zero-order valence-electron chi connectivity index (χ0n) is 15.2. The van der Waals surface area contributed by atoms with Crippen molar-refractivity contribution in [1.29, 1.82) is 0 Å². The third kappa shape index (κ3) is 3.92. The average molecular weight is 411 g/mol. The van der Waals surface area contributed by atoms with E-state index in [1.54, 1.807) is 36.5 Å². The lowest BCUT2D eigenvalue weighted by Gasteiger charge is -2.25. The maximum atomic E-state index is 12.3. The minimum atomic E-state index is -0.523. The van der Waals surface area contributed by atoms with E-state index in [0.717, 1.165) is 0 Å². The van der Waals surface area contributed by atoms with Crippen LogP contribution in [0.15, 0.2) is 42.6 Å². The number of thioether (sulfide) groups is 1. The van der Waals surface area contributed by atoms with Crippen LogP contribution in [0.4, 0.5) is 0 Å². The molecule has 1 unspecified atom stereocenters. The van der Waals surface area contributed by atoms with Gasteiger partial charge in [0.25, 0.3) is 5.91 Å². The molecule has 1 saturated heterocycles. The van der Waals surface area contributed by atoms with Crippen molar-refractivity contribution < 1.29 is 19.5 Å². The molecular weight excluding hydrogens is 394 g/mol. The average Bonchev–Trinajstić information content (AvgIpc) is 3.31. The lowest BCUT2D eigenvalue weighted by atomic mass is 10.2. The van der Waals surface area contributed by atoms with E-state index in [9.17, 15) is 19.5 Å². The Balaban J connectivity index is 1.39. The molecule has 1 fully saturated rings.